The molecule has 0 atom stereocenters. The van der Waals surface area contributed by atoms with Crippen molar-refractivity contribution in [2.75, 3.05) is 0 Å². The van der Waals surface area contributed by atoms with Crippen LogP contribution < -0.4 is 8.37 Å². The molecule has 0 aromatic heterocycles. The van der Waals surface area contributed by atoms with Gasteiger partial charge in [-0.25, -0.2) is 0 Å². The van der Waals surface area contributed by atoms with E-state index in [-0.39, 0.29) is 76.5 Å². The number of fused-ring (bicyclic) bond motifs is 4. The number of carbonyl (C=O) groups excluding carboxylic acids is 2. The molecule has 12 heteroatoms. The summed E-state index contributed by atoms with van der Waals surface area (Å²) in [7, 11) is -9.16. The third kappa shape index (κ3) is 4.54. The summed E-state index contributed by atoms with van der Waals surface area (Å²) >= 11 is 0. The standard InChI is InChI=1S/C34H20N2O8S2/c35-27-17-15-19-21(31(27)37)11-5-13-29(19)45(39,40)43-33-23-7-1-2-8-24(23)34(26-10-4-3-9-25(26)33)44-46(41,42)30-14-6-12-22-20(30)16-18-28(36)32(22)38/h1-18,35-36H. The molecule has 2 aliphatic carbocycles. The lowest BCUT2D eigenvalue weighted by Gasteiger charge is -2.19. The fourth-order valence-corrected chi connectivity index (χ4v) is 7.94. The smallest absolute Gasteiger partial charge is 0.339 e. The average Bonchev–Trinajstić information content (AvgIpc) is 3.05. The Balaban J connectivity index is 1.39. The molecule has 0 fully saturated rings. The van der Waals surface area contributed by atoms with E-state index in [1.807, 2.05) is 0 Å². The van der Waals surface area contributed by atoms with Crippen molar-refractivity contribution < 1.29 is 34.8 Å². The summed E-state index contributed by atoms with van der Waals surface area (Å²) in [4.78, 5) is 24.6. The summed E-state index contributed by atoms with van der Waals surface area (Å²) < 4.78 is 67.0. The van der Waals surface area contributed by atoms with E-state index in [4.69, 9.17) is 19.2 Å². The first-order valence-electron chi connectivity index (χ1n) is 13.7. The summed E-state index contributed by atoms with van der Waals surface area (Å²) in [5, 5.41) is 16.5. The van der Waals surface area contributed by atoms with Crippen LogP contribution in [0.25, 0.3) is 33.7 Å². The van der Waals surface area contributed by atoms with E-state index in [1.54, 1.807) is 48.5 Å². The van der Waals surface area contributed by atoms with Gasteiger partial charge in [-0.3, -0.25) is 20.4 Å². The Bertz CT molecular complexity index is 2300. The molecule has 0 unspecified atom stereocenters. The van der Waals surface area contributed by atoms with Crippen LogP contribution in [0.2, 0.25) is 0 Å². The number of hydrogen-bond donors (Lipinski definition) is 2. The number of Topliss-reactive ketones (excluding diaryl/α,β-unsaturated/α-hetero) is 2. The molecule has 226 valence electrons. The number of hydrogen-bond acceptors (Lipinski definition) is 10. The van der Waals surface area contributed by atoms with E-state index in [2.05, 4.69) is 0 Å². The molecule has 0 radical (unpaired) electrons. The molecule has 2 aliphatic rings. The molecular formula is C34H20N2O8S2. The van der Waals surface area contributed by atoms with Crippen molar-refractivity contribution in [2.45, 2.75) is 9.79 Å². The highest BCUT2D eigenvalue weighted by Crippen LogP contribution is 2.45. The van der Waals surface area contributed by atoms with Crippen molar-refractivity contribution in [2.24, 2.45) is 0 Å². The molecule has 46 heavy (non-hydrogen) atoms. The molecule has 10 nitrogen and oxygen atoms in total. The van der Waals surface area contributed by atoms with Gasteiger partial charge in [-0.05, 0) is 24.3 Å². The van der Waals surface area contributed by atoms with Crippen molar-refractivity contribution >= 4 is 76.9 Å². The maximum atomic E-state index is 13.8. The van der Waals surface area contributed by atoms with Crippen LogP contribution in [0.4, 0.5) is 0 Å². The van der Waals surface area contributed by atoms with Gasteiger partial charge in [-0.1, -0.05) is 84.9 Å². The number of ketones is 2. The van der Waals surface area contributed by atoms with Gasteiger partial charge in [0.1, 0.15) is 21.2 Å². The number of nitrogens with one attached hydrogen (secondary N) is 2. The molecule has 7 rings (SSSR count). The quantitative estimate of drug-likeness (QED) is 0.167. The third-order valence-corrected chi connectivity index (χ3v) is 10.3. The second-order valence-electron chi connectivity index (χ2n) is 10.4. The Kier molecular flexibility index (Phi) is 6.58. The lowest BCUT2D eigenvalue weighted by Crippen LogP contribution is -2.20. The van der Waals surface area contributed by atoms with Gasteiger partial charge in [0.05, 0.1) is 0 Å². The van der Waals surface area contributed by atoms with Gasteiger partial charge in [0.2, 0.25) is 11.6 Å². The maximum absolute atomic E-state index is 13.8. The summed E-state index contributed by atoms with van der Waals surface area (Å²) in [6.07, 6.45) is 5.20. The van der Waals surface area contributed by atoms with Crippen LogP contribution in [0, 0.1) is 10.8 Å². The van der Waals surface area contributed by atoms with Crippen LogP contribution in [-0.2, 0) is 20.2 Å². The largest absolute Gasteiger partial charge is 0.378 e. The predicted molar refractivity (Wildman–Crippen MR) is 172 cm³/mol. The molecule has 0 bridgehead atoms. The van der Waals surface area contributed by atoms with Crippen LogP contribution in [0.3, 0.4) is 0 Å². The first-order chi connectivity index (χ1) is 22.0. The van der Waals surface area contributed by atoms with Gasteiger partial charge in [0.25, 0.3) is 0 Å². The highest BCUT2D eigenvalue weighted by molar-refractivity contribution is 7.87. The topological polar surface area (TPSA) is 169 Å². The van der Waals surface area contributed by atoms with E-state index in [0.29, 0.717) is 0 Å². The molecule has 0 saturated carbocycles. The zero-order chi connectivity index (χ0) is 32.4. The van der Waals surface area contributed by atoms with Gasteiger partial charge in [0.15, 0.2) is 11.5 Å². The molecule has 0 saturated heterocycles. The van der Waals surface area contributed by atoms with Crippen LogP contribution in [-0.4, -0.2) is 39.8 Å². The molecule has 0 spiro atoms. The van der Waals surface area contributed by atoms with Crippen LogP contribution in [0.5, 0.6) is 11.5 Å². The minimum absolute atomic E-state index is 0.0531. The van der Waals surface area contributed by atoms with E-state index >= 15 is 0 Å². The Labute approximate surface area is 262 Å². The van der Waals surface area contributed by atoms with Gasteiger partial charge < -0.3 is 8.37 Å². The highest BCUT2D eigenvalue weighted by atomic mass is 32.2. The second kappa shape index (κ2) is 10.4. The number of benzene rings is 5. The van der Waals surface area contributed by atoms with Crippen LogP contribution in [0.1, 0.15) is 31.8 Å². The Hall–Kier alpha value is -5.72. The van der Waals surface area contributed by atoms with Gasteiger partial charge >= 0.3 is 20.2 Å². The first-order valence-corrected chi connectivity index (χ1v) is 16.5. The normalized spacial score (nSPS) is 14.4. The summed E-state index contributed by atoms with van der Waals surface area (Å²) in [6.45, 7) is 0. The minimum atomic E-state index is -4.58. The van der Waals surface area contributed by atoms with Crippen molar-refractivity contribution in [3.8, 4) is 11.5 Å². The van der Waals surface area contributed by atoms with Gasteiger partial charge in [-0.2, -0.15) is 16.8 Å². The zero-order valence-electron chi connectivity index (χ0n) is 23.5. The SMILES string of the molecule is N=C1C=Cc2c(cccc2S(=O)(=O)Oc2c3ccccc3c(OS(=O)(=O)c3cccc4c3C=CC(=N)C4=O)c3ccccc23)C1=O. The number of carbonyl (C=O) groups is 2. The molecule has 0 amide bonds. The number of allylic oxidation sites excluding steroid dienone is 2. The second-order valence-corrected chi connectivity index (χ2v) is 13.4. The molecule has 0 heterocycles. The zero-order valence-corrected chi connectivity index (χ0v) is 25.1. The predicted octanol–water partition coefficient (Wildman–Crippen LogP) is 5.99. The highest BCUT2D eigenvalue weighted by Gasteiger charge is 2.31. The lowest BCUT2D eigenvalue weighted by atomic mass is 9.95. The van der Waals surface area contributed by atoms with Crippen molar-refractivity contribution in [1.29, 1.82) is 10.8 Å². The fourth-order valence-electron chi connectivity index (χ4n) is 5.58. The molecule has 5 aromatic carbocycles. The Morgan fingerprint density at radius 3 is 1.15 bits per heavy atom. The Morgan fingerprint density at radius 1 is 0.457 bits per heavy atom. The van der Waals surface area contributed by atoms with E-state index < -0.39 is 31.8 Å². The molecule has 2 N–H and O–H groups in total. The first kappa shape index (κ1) is 29.0. The lowest BCUT2D eigenvalue weighted by molar-refractivity contribution is 0.105. The van der Waals surface area contributed by atoms with E-state index in [9.17, 15) is 26.4 Å². The van der Waals surface area contributed by atoms with Crippen molar-refractivity contribution in [3.63, 3.8) is 0 Å². The van der Waals surface area contributed by atoms with Crippen LogP contribution in [0.15, 0.2) is 107 Å². The fraction of sp³-hybridized carbons (Fsp3) is 0. The van der Waals surface area contributed by atoms with Gasteiger partial charge in [0, 0.05) is 43.8 Å². The maximum Gasteiger partial charge on any atom is 0.339 e. The van der Waals surface area contributed by atoms with Crippen molar-refractivity contribution in [1.82, 2.24) is 0 Å². The summed E-state index contributed by atoms with van der Waals surface area (Å²) in [6, 6.07) is 21.0. The molecule has 5 aromatic rings. The number of rotatable bonds is 6. The summed E-state index contributed by atoms with van der Waals surface area (Å²) in [5.74, 6) is -1.41. The average molecular weight is 649 g/mol. The Morgan fingerprint density at radius 2 is 0.804 bits per heavy atom. The van der Waals surface area contributed by atoms with E-state index in [0.717, 1.165) is 0 Å². The van der Waals surface area contributed by atoms with Gasteiger partial charge in [-0.15, -0.1) is 0 Å². The third-order valence-electron chi connectivity index (χ3n) is 7.70. The van der Waals surface area contributed by atoms with Crippen molar-refractivity contribution in [3.05, 3.63) is 119 Å². The minimum Gasteiger partial charge on any atom is -0.378 e. The monoisotopic (exact) mass is 648 g/mol. The van der Waals surface area contributed by atoms with Crippen LogP contribution >= 0.6 is 0 Å². The molecular weight excluding hydrogens is 629 g/mol. The summed E-state index contributed by atoms with van der Waals surface area (Å²) in [5.41, 5.74) is -0.254. The van der Waals surface area contributed by atoms with E-state index in [1.165, 1.54) is 60.7 Å². The molecule has 0 aliphatic heterocycles.